The summed E-state index contributed by atoms with van der Waals surface area (Å²) in [5.74, 6) is -0.312. The Hall–Kier alpha value is -1.53. The largest absolute Gasteiger partial charge is 0.493 e. The molecule has 0 saturated carbocycles. The highest BCUT2D eigenvalue weighted by Crippen LogP contribution is 2.32. The van der Waals surface area contributed by atoms with Crippen molar-refractivity contribution in [2.24, 2.45) is 11.7 Å². The molecule has 3 N–H and O–H groups in total. The van der Waals surface area contributed by atoms with Crippen LogP contribution in [-0.2, 0) is 4.79 Å². The molecule has 0 saturated heterocycles. The zero-order valence-electron chi connectivity index (χ0n) is 13.5. The summed E-state index contributed by atoms with van der Waals surface area (Å²) in [5.41, 5.74) is 6.02. The number of hydrogen-bond acceptors (Lipinski definition) is 4. The van der Waals surface area contributed by atoms with Crippen LogP contribution in [0.15, 0.2) is 12.1 Å². The molecule has 1 rings (SSSR count). The number of carbonyl (C=O) groups is 1. The van der Waals surface area contributed by atoms with E-state index in [1.165, 1.54) is 26.4 Å². The van der Waals surface area contributed by atoms with E-state index in [1.54, 1.807) is 20.8 Å². The molecule has 0 aliphatic rings. The lowest BCUT2D eigenvalue weighted by atomic mass is 10.0. The van der Waals surface area contributed by atoms with Crippen LogP contribution in [0.2, 0.25) is 0 Å². The third-order valence-electron chi connectivity index (χ3n) is 3.53. The fourth-order valence-electron chi connectivity index (χ4n) is 1.86. The molecular weight excluding hydrogens is 311 g/mol. The monoisotopic (exact) mass is 334 g/mol. The zero-order chi connectivity index (χ0) is 16.2. The molecule has 1 aromatic rings. The van der Waals surface area contributed by atoms with Crippen LogP contribution < -0.4 is 20.5 Å². The molecule has 0 aliphatic carbocycles. The lowest BCUT2D eigenvalue weighted by Gasteiger charge is -2.21. The van der Waals surface area contributed by atoms with E-state index in [4.69, 9.17) is 15.2 Å². The van der Waals surface area contributed by atoms with Gasteiger partial charge in [0.15, 0.2) is 11.5 Å². The molecule has 0 bridgehead atoms. The van der Waals surface area contributed by atoms with Gasteiger partial charge >= 0.3 is 0 Å². The number of amides is 1. The fraction of sp³-hybridized carbons (Fsp3) is 0.533. The van der Waals surface area contributed by atoms with Gasteiger partial charge in [0.1, 0.15) is 5.82 Å². The smallest absolute Gasteiger partial charge is 0.224 e. The second-order valence-corrected chi connectivity index (χ2v) is 5.11. The first-order valence-electron chi connectivity index (χ1n) is 6.79. The molecule has 3 unspecified atom stereocenters. The topological polar surface area (TPSA) is 73.6 Å². The van der Waals surface area contributed by atoms with Gasteiger partial charge in [-0.3, -0.25) is 4.79 Å². The Bertz CT molecular complexity index is 512. The number of nitrogens with one attached hydrogen (secondary N) is 1. The Morgan fingerprint density at radius 2 is 1.68 bits per heavy atom. The van der Waals surface area contributed by atoms with Crippen LogP contribution >= 0.6 is 12.4 Å². The number of ether oxygens (including phenoxy) is 2. The van der Waals surface area contributed by atoms with Gasteiger partial charge in [0, 0.05) is 23.6 Å². The van der Waals surface area contributed by atoms with Crippen LogP contribution in [0.1, 0.15) is 32.4 Å². The average molecular weight is 335 g/mol. The molecule has 1 amide bonds. The van der Waals surface area contributed by atoms with Gasteiger partial charge in [-0.15, -0.1) is 12.4 Å². The standard InChI is InChI=1S/C15H23FN2O3.ClH/c1-8(9(2)17)15(19)18-10(3)11-6-13(20-4)14(21-5)7-12(11)16;/h6-10H,17H2,1-5H3,(H,18,19);1H. The molecule has 0 aromatic heterocycles. The van der Waals surface area contributed by atoms with Gasteiger partial charge < -0.3 is 20.5 Å². The van der Waals surface area contributed by atoms with Gasteiger partial charge in [0.05, 0.1) is 20.3 Å². The third-order valence-corrected chi connectivity index (χ3v) is 3.53. The second kappa shape index (κ2) is 8.80. The number of halogens is 2. The van der Waals surface area contributed by atoms with E-state index in [2.05, 4.69) is 5.32 Å². The van der Waals surface area contributed by atoms with Crippen LogP contribution in [0.25, 0.3) is 0 Å². The van der Waals surface area contributed by atoms with Crippen molar-refractivity contribution < 1.29 is 18.7 Å². The van der Waals surface area contributed by atoms with Crippen LogP contribution in [0, 0.1) is 11.7 Å². The van der Waals surface area contributed by atoms with E-state index in [0.29, 0.717) is 17.1 Å². The van der Waals surface area contributed by atoms with E-state index in [0.717, 1.165) is 0 Å². The fourth-order valence-corrected chi connectivity index (χ4v) is 1.86. The number of rotatable bonds is 6. The molecule has 0 heterocycles. The summed E-state index contributed by atoms with van der Waals surface area (Å²) in [4.78, 5) is 12.0. The second-order valence-electron chi connectivity index (χ2n) is 5.11. The Balaban J connectivity index is 0.00000441. The highest BCUT2D eigenvalue weighted by Gasteiger charge is 2.22. The summed E-state index contributed by atoms with van der Waals surface area (Å²) in [6, 6.07) is 1.99. The molecule has 0 radical (unpaired) electrons. The van der Waals surface area contributed by atoms with Crippen LogP contribution in [0.3, 0.4) is 0 Å². The van der Waals surface area contributed by atoms with E-state index < -0.39 is 11.9 Å². The summed E-state index contributed by atoms with van der Waals surface area (Å²) >= 11 is 0. The Kier molecular flexibility index (Phi) is 8.19. The molecule has 0 aliphatic heterocycles. The van der Waals surface area contributed by atoms with Crippen molar-refractivity contribution >= 4 is 18.3 Å². The molecule has 0 spiro atoms. The van der Waals surface area contributed by atoms with E-state index in [9.17, 15) is 9.18 Å². The number of nitrogens with two attached hydrogens (primary N) is 1. The summed E-state index contributed by atoms with van der Waals surface area (Å²) in [6.45, 7) is 5.19. The number of hydrogen-bond donors (Lipinski definition) is 2. The number of carbonyl (C=O) groups excluding carboxylic acids is 1. The normalized spacial score (nSPS) is 14.3. The molecule has 1 aromatic carbocycles. The molecule has 22 heavy (non-hydrogen) atoms. The lowest BCUT2D eigenvalue weighted by Crippen LogP contribution is -2.39. The minimum Gasteiger partial charge on any atom is -0.493 e. The first kappa shape index (κ1) is 20.5. The SMILES string of the molecule is COc1cc(F)c(C(C)NC(=O)C(C)C(C)N)cc1OC.Cl. The van der Waals surface area contributed by atoms with Crippen molar-refractivity contribution in [3.8, 4) is 11.5 Å². The predicted molar refractivity (Wildman–Crippen MR) is 86.1 cm³/mol. The minimum absolute atomic E-state index is 0. The van der Waals surface area contributed by atoms with E-state index in [-0.39, 0.29) is 30.3 Å². The van der Waals surface area contributed by atoms with Crippen molar-refractivity contribution in [2.45, 2.75) is 32.9 Å². The molecule has 3 atom stereocenters. The highest BCUT2D eigenvalue weighted by atomic mass is 35.5. The molecule has 5 nitrogen and oxygen atoms in total. The summed E-state index contributed by atoms with van der Waals surface area (Å²) in [6.07, 6.45) is 0. The summed E-state index contributed by atoms with van der Waals surface area (Å²) in [5, 5.41) is 2.75. The van der Waals surface area contributed by atoms with Crippen molar-refractivity contribution in [2.75, 3.05) is 14.2 Å². The van der Waals surface area contributed by atoms with Gasteiger partial charge in [-0.25, -0.2) is 4.39 Å². The van der Waals surface area contributed by atoms with Crippen LogP contribution in [0.5, 0.6) is 11.5 Å². The van der Waals surface area contributed by atoms with Gasteiger partial charge in [0.25, 0.3) is 0 Å². The number of benzene rings is 1. The van der Waals surface area contributed by atoms with Crippen LogP contribution in [0.4, 0.5) is 4.39 Å². The van der Waals surface area contributed by atoms with Gasteiger partial charge in [-0.1, -0.05) is 6.92 Å². The Morgan fingerprint density at radius 1 is 1.18 bits per heavy atom. The zero-order valence-corrected chi connectivity index (χ0v) is 14.3. The lowest BCUT2D eigenvalue weighted by molar-refractivity contribution is -0.125. The summed E-state index contributed by atoms with van der Waals surface area (Å²) < 4.78 is 24.3. The molecule has 7 heteroatoms. The van der Waals surface area contributed by atoms with E-state index in [1.807, 2.05) is 0 Å². The van der Waals surface area contributed by atoms with Crippen molar-refractivity contribution in [1.29, 1.82) is 0 Å². The third kappa shape index (κ3) is 4.74. The highest BCUT2D eigenvalue weighted by molar-refractivity contribution is 5.85. The maximum atomic E-state index is 14.1. The Morgan fingerprint density at radius 3 is 2.14 bits per heavy atom. The van der Waals surface area contributed by atoms with E-state index >= 15 is 0 Å². The predicted octanol–water partition coefficient (Wildman–Crippen LogP) is 2.43. The maximum absolute atomic E-state index is 14.1. The molecule has 0 fully saturated rings. The van der Waals surface area contributed by atoms with Gasteiger partial charge in [-0.05, 0) is 19.9 Å². The maximum Gasteiger partial charge on any atom is 0.224 e. The van der Waals surface area contributed by atoms with Gasteiger partial charge in [0.2, 0.25) is 5.91 Å². The van der Waals surface area contributed by atoms with Crippen molar-refractivity contribution in [3.05, 3.63) is 23.5 Å². The van der Waals surface area contributed by atoms with Crippen molar-refractivity contribution in [3.63, 3.8) is 0 Å². The first-order valence-corrected chi connectivity index (χ1v) is 6.79. The number of methoxy groups -OCH3 is 2. The first-order chi connectivity index (χ1) is 9.81. The van der Waals surface area contributed by atoms with Crippen LogP contribution in [-0.4, -0.2) is 26.2 Å². The average Bonchev–Trinajstić information content (AvgIpc) is 2.45. The summed E-state index contributed by atoms with van der Waals surface area (Å²) in [7, 11) is 2.91. The molecule has 126 valence electrons. The Labute approximate surface area is 136 Å². The quantitative estimate of drug-likeness (QED) is 0.838. The minimum atomic E-state index is -0.501. The van der Waals surface area contributed by atoms with Gasteiger partial charge in [-0.2, -0.15) is 0 Å². The molecular formula is C15H24ClFN2O3. The van der Waals surface area contributed by atoms with Crippen molar-refractivity contribution in [1.82, 2.24) is 5.32 Å².